The summed E-state index contributed by atoms with van der Waals surface area (Å²) in [7, 11) is -3.80. The van der Waals surface area contributed by atoms with Gasteiger partial charge < -0.3 is 4.57 Å². The third-order valence-corrected chi connectivity index (χ3v) is 6.56. The number of para-hydroxylation sites is 1. The molecule has 1 aromatic heterocycles. The van der Waals surface area contributed by atoms with Crippen LogP contribution in [0.15, 0.2) is 71.0 Å². The number of carbonyl (C=O) groups is 1. The van der Waals surface area contributed by atoms with E-state index in [9.17, 15) is 13.2 Å². The number of sulfone groups is 1. The number of nitrogens with zero attached hydrogens (tertiary/aromatic N) is 3. The van der Waals surface area contributed by atoms with Crippen molar-refractivity contribution in [3.63, 3.8) is 0 Å². The van der Waals surface area contributed by atoms with E-state index in [4.69, 9.17) is 11.6 Å². The fourth-order valence-corrected chi connectivity index (χ4v) is 5.22. The largest absolute Gasteiger partial charge is 0.337 e. The van der Waals surface area contributed by atoms with E-state index in [1.807, 2.05) is 0 Å². The number of hydrogen-bond donors (Lipinski definition) is 0. The van der Waals surface area contributed by atoms with E-state index in [1.165, 1.54) is 17.0 Å². The smallest absolute Gasteiger partial charge is 0.233 e. The summed E-state index contributed by atoms with van der Waals surface area (Å²) in [6.45, 7) is 0.445. The van der Waals surface area contributed by atoms with Gasteiger partial charge in [0.25, 0.3) is 0 Å². The van der Waals surface area contributed by atoms with E-state index in [1.54, 1.807) is 53.6 Å². The number of benzene rings is 2. The van der Waals surface area contributed by atoms with Crippen molar-refractivity contribution >= 4 is 38.7 Å². The molecule has 1 aliphatic rings. The van der Waals surface area contributed by atoms with Gasteiger partial charge in [0.05, 0.1) is 27.6 Å². The van der Waals surface area contributed by atoms with E-state index in [0.717, 1.165) is 0 Å². The SMILES string of the molecule is O=C(CCn1ccnc1)N1c2ccccc2S(=O)(=O)c2c(Cl)cccc21. The first kappa shape index (κ1) is 16.8. The summed E-state index contributed by atoms with van der Waals surface area (Å²) in [5.74, 6) is -0.218. The normalized spacial score (nSPS) is 14.6. The Kier molecular flexibility index (Phi) is 4.05. The van der Waals surface area contributed by atoms with Crippen LogP contribution in [-0.2, 0) is 21.2 Å². The summed E-state index contributed by atoms with van der Waals surface area (Å²) in [5.41, 5.74) is 0.629. The number of amides is 1. The third-order valence-electron chi connectivity index (χ3n) is 4.24. The summed E-state index contributed by atoms with van der Waals surface area (Å²) >= 11 is 6.19. The first-order valence-corrected chi connectivity index (χ1v) is 9.77. The highest BCUT2D eigenvalue weighted by atomic mass is 35.5. The number of anilines is 2. The standard InChI is InChI=1S/C18H14ClN3O3S/c19-13-4-3-6-15-18(13)26(24,25)16-7-2-1-5-14(16)22(15)17(23)8-10-21-11-9-20-12-21/h1-7,9,11-12H,8,10H2. The van der Waals surface area contributed by atoms with Gasteiger partial charge in [-0.15, -0.1) is 0 Å². The first-order chi connectivity index (χ1) is 12.5. The molecule has 8 heteroatoms. The number of carbonyl (C=O) groups excluding carboxylic acids is 1. The Morgan fingerprint density at radius 3 is 2.62 bits per heavy atom. The molecule has 0 aliphatic carbocycles. The van der Waals surface area contributed by atoms with Crippen molar-refractivity contribution in [3.8, 4) is 0 Å². The van der Waals surface area contributed by atoms with Gasteiger partial charge >= 0.3 is 0 Å². The summed E-state index contributed by atoms with van der Waals surface area (Å²) in [6.07, 6.45) is 5.23. The van der Waals surface area contributed by atoms with Crippen molar-refractivity contribution in [3.05, 3.63) is 66.2 Å². The molecule has 0 radical (unpaired) electrons. The van der Waals surface area contributed by atoms with Crippen LogP contribution in [0.25, 0.3) is 0 Å². The minimum absolute atomic E-state index is 0.0312. The maximum Gasteiger partial charge on any atom is 0.233 e. The molecule has 0 fully saturated rings. The molecule has 0 N–H and O–H groups in total. The van der Waals surface area contributed by atoms with E-state index in [-0.39, 0.29) is 32.8 Å². The quantitative estimate of drug-likeness (QED) is 0.690. The average Bonchev–Trinajstić information content (AvgIpc) is 3.13. The number of aryl methyl sites for hydroxylation is 1. The van der Waals surface area contributed by atoms with Crippen LogP contribution in [-0.4, -0.2) is 23.9 Å². The maximum absolute atomic E-state index is 13.0. The predicted octanol–water partition coefficient (Wildman–Crippen LogP) is 3.44. The van der Waals surface area contributed by atoms with Crippen molar-refractivity contribution in [1.29, 1.82) is 0 Å². The van der Waals surface area contributed by atoms with Crippen molar-refractivity contribution in [2.45, 2.75) is 22.8 Å². The molecule has 26 heavy (non-hydrogen) atoms. The van der Waals surface area contributed by atoms with Crippen LogP contribution in [0.4, 0.5) is 11.4 Å². The number of halogens is 1. The van der Waals surface area contributed by atoms with Gasteiger partial charge in [-0.1, -0.05) is 29.8 Å². The highest BCUT2D eigenvalue weighted by molar-refractivity contribution is 7.92. The van der Waals surface area contributed by atoms with Gasteiger partial charge in [-0.25, -0.2) is 13.4 Å². The van der Waals surface area contributed by atoms with Gasteiger partial charge in [-0.2, -0.15) is 0 Å². The minimum Gasteiger partial charge on any atom is -0.337 e. The topological polar surface area (TPSA) is 72.3 Å². The first-order valence-electron chi connectivity index (χ1n) is 7.91. The molecule has 2 heterocycles. The van der Waals surface area contributed by atoms with E-state index in [2.05, 4.69) is 4.98 Å². The zero-order chi connectivity index (χ0) is 18.3. The Morgan fingerprint density at radius 2 is 1.85 bits per heavy atom. The van der Waals surface area contributed by atoms with E-state index >= 15 is 0 Å². The van der Waals surface area contributed by atoms with Gasteiger partial charge in [-0.3, -0.25) is 9.69 Å². The fraction of sp³-hybridized carbons (Fsp3) is 0.111. The lowest BCUT2D eigenvalue weighted by Crippen LogP contribution is -2.32. The lowest BCUT2D eigenvalue weighted by atomic mass is 10.2. The van der Waals surface area contributed by atoms with Crippen LogP contribution < -0.4 is 4.90 Å². The Balaban J connectivity index is 1.83. The Labute approximate surface area is 155 Å². The Morgan fingerprint density at radius 1 is 1.08 bits per heavy atom. The van der Waals surface area contributed by atoms with Crippen LogP contribution in [0, 0.1) is 0 Å². The van der Waals surface area contributed by atoms with E-state index in [0.29, 0.717) is 12.2 Å². The molecular formula is C18H14ClN3O3S. The van der Waals surface area contributed by atoms with Gasteiger partial charge in [-0.05, 0) is 24.3 Å². The minimum atomic E-state index is -3.80. The van der Waals surface area contributed by atoms with Crippen LogP contribution in [0.3, 0.4) is 0 Å². The summed E-state index contributed by atoms with van der Waals surface area (Å²) in [5, 5.41) is 0.101. The molecule has 0 spiro atoms. The third kappa shape index (κ3) is 2.60. The van der Waals surface area contributed by atoms with Gasteiger partial charge in [0, 0.05) is 25.4 Å². The lowest BCUT2D eigenvalue weighted by molar-refractivity contribution is -0.118. The molecule has 0 saturated heterocycles. The van der Waals surface area contributed by atoms with Gasteiger partial charge in [0.1, 0.15) is 4.90 Å². The lowest BCUT2D eigenvalue weighted by Gasteiger charge is -2.31. The van der Waals surface area contributed by atoms with Crippen molar-refractivity contribution in [2.75, 3.05) is 4.90 Å². The van der Waals surface area contributed by atoms with Crippen LogP contribution in [0.2, 0.25) is 5.02 Å². The molecule has 2 aromatic carbocycles. The van der Waals surface area contributed by atoms with E-state index < -0.39 is 9.84 Å². The monoisotopic (exact) mass is 387 g/mol. The number of fused-ring (bicyclic) bond motifs is 2. The molecule has 132 valence electrons. The van der Waals surface area contributed by atoms with Crippen molar-refractivity contribution < 1.29 is 13.2 Å². The molecule has 0 bridgehead atoms. The predicted molar refractivity (Wildman–Crippen MR) is 97.3 cm³/mol. The van der Waals surface area contributed by atoms with Gasteiger partial charge in [0.15, 0.2) is 0 Å². The second-order valence-electron chi connectivity index (χ2n) is 5.84. The maximum atomic E-state index is 13.0. The number of aromatic nitrogens is 2. The number of imidazole rings is 1. The van der Waals surface area contributed by atoms with Gasteiger partial charge in [0.2, 0.25) is 15.7 Å². The molecule has 3 aromatic rings. The Hall–Kier alpha value is -2.64. The molecule has 1 aliphatic heterocycles. The van der Waals surface area contributed by atoms with Crippen molar-refractivity contribution in [2.24, 2.45) is 0 Å². The van der Waals surface area contributed by atoms with Crippen molar-refractivity contribution in [1.82, 2.24) is 9.55 Å². The molecule has 0 unspecified atom stereocenters. The zero-order valence-corrected chi connectivity index (χ0v) is 15.1. The molecular weight excluding hydrogens is 374 g/mol. The highest BCUT2D eigenvalue weighted by Crippen LogP contribution is 2.46. The summed E-state index contributed by atoms with van der Waals surface area (Å²) in [4.78, 5) is 18.4. The molecule has 0 atom stereocenters. The molecule has 6 nitrogen and oxygen atoms in total. The average molecular weight is 388 g/mol. The highest BCUT2D eigenvalue weighted by Gasteiger charge is 2.38. The molecule has 1 amide bonds. The summed E-state index contributed by atoms with van der Waals surface area (Å²) in [6, 6.07) is 11.2. The fourth-order valence-electron chi connectivity index (χ4n) is 3.07. The number of rotatable bonds is 3. The second kappa shape index (κ2) is 6.26. The van der Waals surface area contributed by atoms with Crippen LogP contribution in [0.5, 0.6) is 0 Å². The number of hydrogen-bond acceptors (Lipinski definition) is 4. The second-order valence-corrected chi connectivity index (χ2v) is 8.10. The molecule has 4 rings (SSSR count). The van der Waals surface area contributed by atoms with Crippen LogP contribution >= 0.6 is 11.6 Å². The van der Waals surface area contributed by atoms with Crippen LogP contribution in [0.1, 0.15) is 6.42 Å². The summed E-state index contributed by atoms with van der Waals surface area (Å²) < 4.78 is 27.8. The Bertz CT molecular complexity index is 1090. The molecule has 0 saturated carbocycles. The zero-order valence-electron chi connectivity index (χ0n) is 13.5.